The van der Waals surface area contributed by atoms with E-state index < -0.39 is 23.6 Å². The van der Waals surface area contributed by atoms with E-state index in [9.17, 15) is 23.5 Å². The van der Waals surface area contributed by atoms with Crippen LogP contribution in [0.3, 0.4) is 0 Å². The van der Waals surface area contributed by atoms with E-state index in [0.29, 0.717) is 6.42 Å². The predicted molar refractivity (Wildman–Crippen MR) is 233 cm³/mol. The summed E-state index contributed by atoms with van der Waals surface area (Å²) in [4.78, 5) is 8.53. The Morgan fingerprint density at radius 1 is 0.902 bits per heavy atom. The zero-order chi connectivity index (χ0) is 44.7. The molecule has 13 nitrogen and oxygen atoms in total. The molecule has 2 aliphatic rings. The number of likely N-dealkylation sites (N-methyl/N-ethyl adjacent to an activating group) is 1. The van der Waals surface area contributed by atoms with Gasteiger partial charge in [0.1, 0.15) is 30.9 Å². The van der Waals surface area contributed by atoms with Crippen LogP contribution in [0.15, 0.2) is 90.7 Å². The summed E-state index contributed by atoms with van der Waals surface area (Å²) in [5, 5.41) is 21.1. The number of nitrogens with zero attached hydrogens (tertiary/aromatic N) is 6. The van der Waals surface area contributed by atoms with E-state index >= 15 is 0 Å². The fourth-order valence-electron chi connectivity index (χ4n) is 7.83. The van der Waals surface area contributed by atoms with Crippen LogP contribution in [0.4, 0.5) is 11.4 Å². The lowest BCUT2D eigenvalue weighted by Gasteiger charge is -2.23. The van der Waals surface area contributed by atoms with Gasteiger partial charge in [-0.15, -0.1) is 0 Å². The molecule has 0 radical (unpaired) electrons. The Balaban J connectivity index is 0.000000235. The maximum absolute atomic E-state index is 10.5. The molecular formula is C47H46N6O7S. The topological polar surface area (TPSA) is 157 Å². The lowest BCUT2D eigenvalue weighted by atomic mass is 9.79. The van der Waals surface area contributed by atoms with Gasteiger partial charge >= 0.3 is 0 Å². The molecule has 6 rings (SSSR count). The van der Waals surface area contributed by atoms with Crippen LogP contribution in [-0.4, -0.2) is 64.3 Å². The molecule has 4 aromatic rings. The van der Waals surface area contributed by atoms with Gasteiger partial charge in [0.2, 0.25) is 16.1 Å². The largest absolute Gasteiger partial charge is 0.726 e. The van der Waals surface area contributed by atoms with Crippen molar-refractivity contribution in [3.05, 3.63) is 135 Å². The van der Waals surface area contributed by atoms with Gasteiger partial charge in [-0.2, -0.15) is 4.58 Å². The van der Waals surface area contributed by atoms with Crippen molar-refractivity contribution in [2.45, 2.75) is 51.9 Å². The normalized spacial score (nSPS) is 16.3. The molecule has 0 atom stereocenters. The third kappa shape index (κ3) is 9.29. The molecule has 0 saturated carbocycles. The van der Waals surface area contributed by atoms with Gasteiger partial charge < -0.3 is 23.7 Å². The van der Waals surface area contributed by atoms with Crippen molar-refractivity contribution >= 4 is 49.7 Å². The number of hydrogen-bond donors (Lipinski definition) is 0. The predicted octanol–water partition coefficient (Wildman–Crippen LogP) is 7.16. The zero-order valence-electron chi connectivity index (χ0n) is 35.4. The average Bonchev–Trinajstić information content (AvgIpc) is 3.56. The zero-order valence-corrected chi connectivity index (χ0v) is 36.2. The molecule has 0 saturated heterocycles. The Bertz CT molecular complexity index is 2870. The molecule has 61 heavy (non-hydrogen) atoms. The molecule has 2 aliphatic heterocycles. The first kappa shape index (κ1) is 45.1. The van der Waals surface area contributed by atoms with E-state index in [4.69, 9.17) is 27.4 Å². The fourth-order valence-corrected chi connectivity index (χ4v) is 8.10. The van der Waals surface area contributed by atoms with Crippen molar-refractivity contribution in [2.24, 2.45) is 0 Å². The standard InChI is InChI=1S/C30H33N2O.C17H14N4O6S/c1-29(2)23-19-21(33-7)16-18-24(23)31(5)26(29)13-10-14-27-30(3,4)28-22-12-9-8-11-20(22)15-17-25(28)32(27)6;1-4-5-25-16-8-13(15(11-19)21-3)17(9-12(16)14(10-18)20-2)26-6-7-27-28(22,23)24/h8-19H,1-7H3;8-9H,4-7H2,1H3,(H,22,23,24)/q+1;/p-1/b;14-12-,15-13+. The third-order valence-electron chi connectivity index (χ3n) is 10.7. The van der Waals surface area contributed by atoms with E-state index in [1.54, 1.807) is 19.2 Å². The van der Waals surface area contributed by atoms with Crippen LogP contribution in [-0.2, 0) is 25.4 Å². The highest BCUT2D eigenvalue weighted by Gasteiger charge is 2.44. The number of benzene rings is 4. The molecule has 0 bridgehead atoms. The Morgan fingerprint density at radius 3 is 2.10 bits per heavy atom. The maximum atomic E-state index is 10.5. The van der Waals surface area contributed by atoms with Crippen LogP contribution >= 0.6 is 0 Å². The minimum absolute atomic E-state index is 0.0274. The number of rotatable bonds is 11. The van der Waals surface area contributed by atoms with Crippen LogP contribution < -0.4 is 29.5 Å². The van der Waals surface area contributed by atoms with Crippen molar-refractivity contribution in [1.82, 2.24) is 0 Å². The van der Waals surface area contributed by atoms with Crippen LogP contribution in [0.1, 0.15) is 52.2 Å². The summed E-state index contributed by atoms with van der Waals surface area (Å²) in [5.74, 6) is 0.947. The van der Waals surface area contributed by atoms with Gasteiger partial charge in [-0.3, -0.25) is 4.18 Å². The SMILES string of the molecule is COc1ccc2c(c1)C(C)(C)C(=CC=CC1=[N+](C)c3ccc4ccccc4c3C1(C)C)N2C.[C-]#[N+]/C(C#N)=c1/cc(OCCOS(=O)(=O)[O-])/c(=C(\C#N)[N+]#[C-])cc1OCCC. The van der Waals surface area contributed by atoms with Crippen molar-refractivity contribution in [3.63, 3.8) is 0 Å². The monoisotopic (exact) mass is 838 g/mol. The Labute approximate surface area is 357 Å². The molecule has 14 heteroatoms. The number of ether oxygens (including phenoxy) is 3. The van der Waals surface area contributed by atoms with Gasteiger partial charge in [-0.05, 0) is 79.1 Å². The summed E-state index contributed by atoms with van der Waals surface area (Å²) >= 11 is 0. The first-order chi connectivity index (χ1) is 29.0. The molecule has 0 N–H and O–H groups in total. The van der Waals surface area contributed by atoms with E-state index in [1.165, 1.54) is 56.8 Å². The van der Waals surface area contributed by atoms with E-state index in [1.807, 2.05) is 13.0 Å². The highest BCUT2D eigenvalue weighted by Crippen LogP contribution is 2.48. The molecule has 0 aromatic heterocycles. The second-order valence-electron chi connectivity index (χ2n) is 15.1. The Hall–Kier alpha value is -6.94. The summed E-state index contributed by atoms with van der Waals surface area (Å²) in [7, 11) is 1.16. The molecule has 312 valence electrons. The van der Waals surface area contributed by atoms with Crippen molar-refractivity contribution < 1.29 is 35.9 Å². The second kappa shape index (κ2) is 18.5. The van der Waals surface area contributed by atoms with Crippen molar-refractivity contribution in [3.8, 4) is 29.4 Å². The van der Waals surface area contributed by atoms with Gasteiger partial charge in [-0.25, -0.2) is 28.6 Å². The van der Waals surface area contributed by atoms with Crippen LogP contribution in [0.5, 0.6) is 17.2 Å². The van der Waals surface area contributed by atoms with Gasteiger partial charge in [0.05, 0.1) is 51.0 Å². The summed E-state index contributed by atoms with van der Waals surface area (Å²) in [6.45, 7) is 24.6. The molecule has 4 aromatic carbocycles. The summed E-state index contributed by atoms with van der Waals surface area (Å²) < 4.78 is 54.1. The maximum Gasteiger partial charge on any atom is 0.272 e. The summed E-state index contributed by atoms with van der Waals surface area (Å²) in [6, 6.07) is 25.5. The minimum Gasteiger partial charge on any atom is -0.726 e. The van der Waals surface area contributed by atoms with Gasteiger partial charge in [-0.1, -0.05) is 51.1 Å². The molecule has 2 heterocycles. The van der Waals surface area contributed by atoms with Crippen molar-refractivity contribution in [1.29, 1.82) is 10.5 Å². The summed E-state index contributed by atoms with van der Waals surface area (Å²) in [6.07, 6.45) is 7.41. The number of anilines is 1. The number of methoxy groups -OCH3 is 1. The minimum atomic E-state index is -4.90. The molecule has 0 aliphatic carbocycles. The quantitative estimate of drug-likeness (QED) is 0.0500. The highest BCUT2D eigenvalue weighted by molar-refractivity contribution is 7.80. The molecule has 0 amide bonds. The Morgan fingerprint density at radius 2 is 1.52 bits per heavy atom. The molecule has 0 fully saturated rings. The third-order valence-corrected chi connectivity index (χ3v) is 11.2. The lowest BCUT2D eigenvalue weighted by molar-refractivity contribution is -0.401. The molecule has 0 spiro atoms. The number of allylic oxidation sites excluding steroid dienone is 4. The second-order valence-corrected chi connectivity index (χ2v) is 16.2. The number of nitriles is 2. The average molecular weight is 839 g/mol. The Kier molecular flexibility index (Phi) is 13.7. The summed E-state index contributed by atoms with van der Waals surface area (Å²) in [5.41, 5.74) is 7.02. The number of hydrogen-bond acceptors (Lipinski definition) is 10. The molecule has 0 unspecified atom stereocenters. The van der Waals surface area contributed by atoms with E-state index in [2.05, 4.69) is 132 Å². The van der Waals surface area contributed by atoms with E-state index in [-0.39, 0.29) is 50.8 Å². The van der Waals surface area contributed by atoms with Crippen molar-refractivity contribution in [2.75, 3.05) is 45.9 Å². The van der Waals surface area contributed by atoms with Gasteiger partial charge in [0.25, 0.3) is 11.4 Å². The smallest absolute Gasteiger partial charge is 0.272 e. The van der Waals surface area contributed by atoms with Gasteiger partial charge in [0.15, 0.2) is 5.71 Å². The number of fused-ring (bicyclic) bond motifs is 4. The lowest BCUT2D eigenvalue weighted by Crippen LogP contribution is -2.27. The first-order valence-electron chi connectivity index (χ1n) is 19.3. The molecular weight excluding hydrogens is 793 g/mol. The van der Waals surface area contributed by atoms with E-state index in [0.717, 1.165) is 5.75 Å². The van der Waals surface area contributed by atoms with Crippen LogP contribution in [0.2, 0.25) is 0 Å². The van der Waals surface area contributed by atoms with Crippen LogP contribution in [0, 0.1) is 35.8 Å². The van der Waals surface area contributed by atoms with Crippen LogP contribution in [0.25, 0.3) is 31.9 Å². The highest BCUT2D eigenvalue weighted by atomic mass is 32.3. The first-order valence-corrected chi connectivity index (χ1v) is 20.6. The fraction of sp³-hybridized carbons (Fsp3) is 0.298. The van der Waals surface area contributed by atoms with Gasteiger partial charge in [0, 0.05) is 52.0 Å².